The third-order valence-electron chi connectivity index (χ3n) is 3.79. The highest BCUT2D eigenvalue weighted by Crippen LogP contribution is 2.29. The van der Waals surface area contributed by atoms with Crippen molar-refractivity contribution < 1.29 is 27.0 Å². The van der Waals surface area contributed by atoms with Crippen LogP contribution in [0.1, 0.15) is 18.3 Å². The summed E-state index contributed by atoms with van der Waals surface area (Å²) in [7, 11) is 0. The molecule has 1 aliphatic rings. The van der Waals surface area contributed by atoms with E-state index < -0.39 is 40.8 Å². The van der Waals surface area contributed by atoms with Crippen LogP contribution in [0.3, 0.4) is 0 Å². The fourth-order valence-electron chi connectivity index (χ4n) is 2.39. The lowest BCUT2D eigenvalue weighted by Gasteiger charge is -2.19. The van der Waals surface area contributed by atoms with Crippen molar-refractivity contribution in [2.75, 3.05) is 6.61 Å². The van der Waals surface area contributed by atoms with Crippen molar-refractivity contribution >= 4 is 0 Å². The molecular weight excluding hydrogens is 360 g/mol. The molecule has 11 heteroatoms. The van der Waals surface area contributed by atoms with Crippen molar-refractivity contribution in [1.82, 2.24) is 14.3 Å². The summed E-state index contributed by atoms with van der Waals surface area (Å²) in [5.41, 5.74) is -1.51. The zero-order valence-corrected chi connectivity index (χ0v) is 13.4. The summed E-state index contributed by atoms with van der Waals surface area (Å²) in [6.07, 6.45) is -6.91. The second kappa shape index (κ2) is 6.45. The Morgan fingerprint density at radius 2 is 2.15 bits per heavy atom. The van der Waals surface area contributed by atoms with Crippen LogP contribution in [0.2, 0.25) is 0 Å². The topological polar surface area (TPSA) is 82.1 Å². The van der Waals surface area contributed by atoms with Crippen molar-refractivity contribution in [3.63, 3.8) is 0 Å². The molecule has 26 heavy (non-hydrogen) atoms. The largest absolute Gasteiger partial charge is 0.480 e. The maximum absolute atomic E-state index is 14.3. The third-order valence-corrected chi connectivity index (χ3v) is 3.79. The number of fused-ring (bicyclic) bond motifs is 1. The minimum Gasteiger partial charge on any atom is -0.480 e. The molecule has 0 bridgehead atoms. The number of nitriles is 1. The van der Waals surface area contributed by atoms with Crippen molar-refractivity contribution in [2.45, 2.75) is 32.4 Å². The zero-order valence-electron chi connectivity index (χ0n) is 13.4. The summed E-state index contributed by atoms with van der Waals surface area (Å²) in [4.78, 5) is 12.4. The molecule has 1 aromatic carbocycles. The predicted molar refractivity (Wildman–Crippen MR) is 78.3 cm³/mol. The molecule has 0 fully saturated rings. The lowest BCUT2D eigenvalue weighted by Crippen LogP contribution is -2.31. The molecule has 0 amide bonds. The van der Waals surface area contributed by atoms with E-state index in [1.165, 1.54) is 4.57 Å². The number of aromatic nitrogens is 3. The van der Waals surface area contributed by atoms with Gasteiger partial charge in [0.2, 0.25) is 0 Å². The SMILES string of the molecule is C[C@H](Oc1cc(-n2nc3n(c2=O)CCOC3)c(F)cc1C#N)C(F)(F)F. The first-order valence-corrected chi connectivity index (χ1v) is 7.46. The summed E-state index contributed by atoms with van der Waals surface area (Å²) in [6, 6.07) is 3.13. The number of hydrogen-bond acceptors (Lipinski definition) is 5. The lowest BCUT2D eigenvalue weighted by atomic mass is 10.2. The number of alkyl halides is 3. The van der Waals surface area contributed by atoms with Crippen LogP contribution < -0.4 is 10.4 Å². The number of benzene rings is 1. The summed E-state index contributed by atoms with van der Waals surface area (Å²) in [5.74, 6) is -1.23. The second-order valence-electron chi connectivity index (χ2n) is 5.53. The van der Waals surface area contributed by atoms with Crippen molar-refractivity contribution in [3.8, 4) is 17.5 Å². The van der Waals surface area contributed by atoms with E-state index in [0.29, 0.717) is 10.7 Å². The Bertz CT molecular complexity index is 942. The number of rotatable bonds is 3. The Morgan fingerprint density at radius 3 is 2.77 bits per heavy atom. The molecule has 0 aliphatic carbocycles. The Balaban J connectivity index is 2.09. The van der Waals surface area contributed by atoms with E-state index in [0.717, 1.165) is 13.0 Å². The van der Waals surface area contributed by atoms with Gasteiger partial charge in [-0.2, -0.15) is 23.1 Å². The molecule has 0 unspecified atom stereocenters. The van der Waals surface area contributed by atoms with Gasteiger partial charge in [-0.3, -0.25) is 4.57 Å². The molecule has 138 valence electrons. The van der Waals surface area contributed by atoms with Gasteiger partial charge < -0.3 is 9.47 Å². The van der Waals surface area contributed by atoms with Crippen LogP contribution in [0.15, 0.2) is 16.9 Å². The minimum absolute atomic E-state index is 0.0502. The fourth-order valence-corrected chi connectivity index (χ4v) is 2.39. The molecular formula is C15H12F4N4O3. The van der Waals surface area contributed by atoms with E-state index >= 15 is 0 Å². The van der Waals surface area contributed by atoms with Gasteiger partial charge in [0.25, 0.3) is 0 Å². The quantitative estimate of drug-likeness (QED) is 0.769. The average molecular weight is 372 g/mol. The van der Waals surface area contributed by atoms with Gasteiger partial charge in [-0.05, 0) is 13.0 Å². The van der Waals surface area contributed by atoms with Crippen molar-refractivity contribution in [3.05, 3.63) is 39.8 Å². The fraction of sp³-hybridized carbons (Fsp3) is 0.400. The lowest BCUT2D eigenvalue weighted by molar-refractivity contribution is -0.189. The molecule has 2 aromatic rings. The maximum Gasteiger partial charge on any atom is 0.425 e. The van der Waals surface area contributed by atoms with E-state index in [1.807, 2.05) is 0 Å². The van der Waals surface area contributed by atoms with E-state index in [4.69, 9.17) is 14.7 Å². The average Bonchev–Trinajstić information content (AvgIpc) is 2.92. The first-order valence-electron chi connectivity index (χ1n) is 7.46. The van der Waals surface area contributed by atoms with Gasteiger partial charge in [0.15, 0.2) is 17.7 Å². The second-order valence-corrected chi connectivity index (χ2v) is 5.53. The summed E-state index contributed by atoms with van der Waals surface area (Å²) in [6.45, 7) is 1.31. The van der Waals surface area contributed by atoms with Crippen LogP contribution in [0.4, 0.5) is 17.6 Å². The van der Waals surface area contributed by atoms with Gasteiger partial charge in [-0.25, -0.2) is 9.18 Å². The molecule has 0 saturated carbocycles. The molecule has 1 aliphatic heterocycles. The van der Waals surface area contributed by atoms with Gasteiger partial charge >= 0.3 is 11.9 Å². The smallest absolute Gasteiger partial charge is 0.425 e. The first-order chi connectivity index (χ1) is 12.2. The predicted octanol–water partition coefficient (Wildman–Crippen LogP) is 1.90. The summed E-state index contributed by atoms with van der Waals surface area (Å²) >= 11 is 0. The molecule has 0 N–H and O–H groups in total. The highest BCUT2D eigenvalue weighted by Gasteiger charge is 2.38. The molecule has 3 rings (SSSR count). The van der Waals surface area contributed by atoms with Gasteiger partial charge in [0.1, 0.15) is 24.1 Å². The van der Waals surface area contributed by atoms with Crippen molar-refractivity contribution in [2.24, 2.45) is 0 Å². The number of nitrogens with zero attached hydrogens (tertiary/aromatic N) is 4. The summed E-state index contributed by atoms with van der Waals surface area (Å²) < 4.78 is 64.4. The van der Waals surface area contributed by atoms with Crippen LogP contribution >= 0.6 is 0 Å². The van der Waals surface area contributed by atoms with Gasteiger partial charge in [0.05, 0.1) is 18.7 Å². The van der Waals surface area contributed by atoms with Crippen molar-refractivity contribution in [1.29, 1.82) is 5.26 Å². The first kappa shape index (κ1) is 17.9. The van der Waals surface area contributed by atoms with Crippen LogP contribution in [-0.2, 0) is 17.9 Å². The molecule has 0 radical (unpaired) electrons. The molecule has 7 nitrogen and oxygen atoms in total. The van der Waals surface area contributed by atoms with Gasteiger partial charge in [-0.15, -0.1) is 5.10 Å². The summed E-state index contributed by atoms with van der Waals surface area (Å²) in [5, 5.41) is 13.0. The number of halogens is 4. The highest BCUT2D eigenvalue weighted by molar-refractivity contribution is 5.51. The minimum atomic E-state index is -4.68. The molecule has 1 atom stereocenters. The standard InChI is InChI=1S/C15H12F4N4O3/c1-8(15(17,18)19)26-12-5-11(10(16)4-9(12)6-20)23-14(24)22-2-3-25-7-13(22)21-23/h4-5,8H,2-3,7H2,1H3/t8-/m0/s1. The Kier molecular flexibility index (Phi) is 4.45. The molecule has 0 spiro atoms. The highest BCUT2D eigenvalue weighted by atomic mass is 19.4. The maximum atomic E-state index is 14.3. The van der Waals surface area contributed by atoms with E-state index in [2.05, 4.69) is 5.10 Å². The van der Waals surface area contributed by atoms with Crippen LogP contribution in [0.5, 0.6) is 5.75 Å². The Labute approximate surface area is 144 Å². The number of ether oxygens (including phenoxy) is 2. The van der Waals surface area contributed by atoms with Crippen LogP contribution in [0, 0.1) is 17.1 Å². The van der Waals surface area contributed by atoms with E-state index in [-0.39, 0.29) is 25.6 Å². The van der Waals surface area contributed by atoms with E-state index in [9.17, 15) is 22.4 Å². The van der Waals surface area contributed by atoms with Gasteiger partial charge in [0, 0.05) is 6.07 Å². The Morgan fingerprint density at radius 1 is 1.42 bits per heavy atom. The van der Waals surface area contributed by atoms with Gasteiger partial charge in [-0.1, -0.05) is 0 Å². The van der Waals surface area contributed by atoms with Crippen LogP contribution in [0.25, 0.3) is 5.69 Å². The molecule has 2 heterocycles. The zero-order chi connectivity index (χ0) is 19.1. The van der Waals surface area contributed by atoms with E-state index in [1.54, 1.807) is 6.07 Å². The monoisotopic (exact) mass is 372 g/mol. The molecule has 0 saturated heterocycles. The third kappa shape index (κ3) is 3.15. The Hall–Kier alpha value is -2.87. The van der Waals surface area contributed by atoms with Crippen LogP contribution in [-0.4, -0.2) is 33.2 Å². The normalized spacial score (nSPS) is 15.2. The molecule has 1 aromatic heterocycles. The number of hydrogen-bond donors (Lipinski definition) is 0.